The number of anilines is 1. The van der Waals surface area contributed by atoms with E-state index in [-0.39, 0.29) is 0 Å². The summed E-state index contributed by atoms with van der Waals surface area (Å²) >= 11 is 5.91. The van der Waals surface area contributed by atoms with Gasteiger partial charge in [-0.15, -0.1) is 0 Å². The van der Waals surface area contributed by atoms with Crippen LogP contribution in [0.25, 0.3) is 0 Å². The molecule has 0 aliphatic rings. The predicted molar refractivity (Wildman–Crippen MR) is 61.9 cm³/mol. The zero-order valence-electron chi connectivity index (χ0n) is 8.44. The van der Waals surface area contributed by atoms with Gasteiger partial charge in [0.15, 0.2) is 0 Å². The van der Waals surface area contributed by atoms with Crippen molar-refractivity contribution in [3.63, 3.8) is 0 Å². The number of nitrogens with zero attached hydrogens (tertiary/aromatic N) is 2. The molecule has 0 aliphatic heterocycles. The van der Waals surface area contributed by atoms with Gasteiger partial charge in [0.1, 0.15) is 0 Å². The maximum Gasteiger partial charge on any atom is 0.200 e. The Hall–Kier alpha value is -1.48. The molecule has 0 bridgehead atoms. The molecule has 2 aromatic rings. The molecule has 3 nitrogen and oxygen atoms in total. The summed E-state index contributed by atoms with van der Waals surface area (Å²) in [6, 6.07) is 7.74. The molecule has 0 atom stereocenters. The standard InChI is InChI=1S/C11H12ClN3/c1-8-6-14-11(13)15(8)7-9-3-2-4-10(12)5-9/h2-6H,7H2,1H3,(H2,13,14). The van der Waals surface area contributed by atoms with Gasteiger partial charge < -0.3 is 10.3 Å². The summed E-state index contributed by atoms with van der Waals surface area (Å²) in [4.78, 5) is 4.04. The molecule has 0 unspecified atom stereocenters. The first-order chi connectivity index (χ1) is 7.16. The second kappa shape index (κ2) is 3.95. The zero-order valence-corrected chi connectivity index (χ0v) is 9.20. The van der Waals surface area contributed by atoms with E-state index in [9.17, 15) is 0 Å². The first-order valence-electron chi connectivity index (χ1n) is 4.69. The van der Waals surface area contributed by atoms with Crippen molar-refractivity contribution in [3.05, 3.63) is 46.7 Å². The molecule has 1 aromatic heterocycles. The molecule has 1 aromatic carbocycles. The number of nitrogen functional groups attached to an aromatic ring is 1. The summed E-state index contributed by atoms with van der Waals surface area (Å²) < 4.78 is 1.95. The molecule has 2 N–H and O–H groups in total. The second-order valence-electron chi connectivity index (χ2n) is 3.47. The first kappa shape index (κ1) is 10.1. The maximum atomic E-state index is 5.91. The van der Waals surface area contributed by atoms with Gasteiger partial charge in [0, 0.05) is 10.7 Å². The zero-order chi connectivity index (χ0) is 10.8. The number of hydrogen-bond acceptors (Lipinski definition) is 2. The highest BCUT2D eigenvalue weighted by atomic mass is 35.5. The summed E-state index contributed by atoms with van der Waals surface area (Å²) in [5.74, 6) is 0.535. The van der Waals surface area contributed by atoms with Gasteiger partial charge >= 0.3 is 0 Å². The van der Waals surface area contributed by atoms with Gasteiger partial charge in [0.2, 0.25) is 5.95 Å². The van der Waals surface area contributed by atoms with E-state index >= 15 is 0 Å². The quantitative estimate of drug-likeness (QED) is 0.847. The Balaban J connectivity index is 2.29. The fourth-order valence-electron chi connectivity index (χ4n) is 1.50. The van der Waals surface area contributed by atoms with E-state index in [1.54, 1.807) is 6.20 Å². The molecule has 1 heterocycles. The van der Waals surface area contributed by atoms with Gasteiger partial charge in [0.25, 0.3) is 0 Å². The maximum absolute atomic E-state index is 5.91. The lowest BCUT2D eigenvalue weighted by Crippen LogP contribution is -2.06. The summed E-state index contributed by atoms with van der Waals surface area (Å²) in [5, 5.41) is 0.740. The van der Waals surface area contributed by atoms with Crippen LogP contribution in [0.5, 0.6) is 0 Å². The number of benzene rings is 1. The van der Waals surface area contributed by atoms with Gasteiger partial charge in [-0.05, 0) is 24.6 Å². The lowest BCUT2D eigenvalue weighted by molar-refractivity contribution is 0.783. The number of imidazole rings is 1. The van der Waals surface area contributed by atoms with Crippen LogP contribution in [0.3, 0.4) is 0 Å². The van der Waals surface area contributed by atoms with Crippen molar-refractivity contribution in [2.24, 2.45) is 0 Å². The van der Waals surface area contributed by atoms with E-state index in [1.807, 2.05) is 35.8 Å². The second-order valence-corrected chi connectivity index (χ2v) is 3.91. The van der Waals surface area contributed by atoms with Crippen LogP contribution in [0.2, 0.25) is 5.02 Å². The van der Waals surface area contributed by atoms with Gasteiger partial charge in [-0.1, -0.05) is 23.7 Å². The third-order valence-corrected chi connectivity index (χ3v) is 2.55. The predicted octanol–water partition coefficient (Wildman–Crippen LogP) is 2.48. The molecular formula is C11H12ClN3. The number of halogens is 1. The van der Waals surface area contributed by atoms with Crippen LogP contribution in [0.1, 0.15) is 11.3 Å². The highest BCUT2D eigenvalue weighted by Gasteiger charge is 2.03. The average Bonchev–Trinajstić information content (AvgIpc) is 2.50. The van der Waals surface area contributed by atoms with Crippen LogP contribution in [-0.4, -0.2) is 9.55 Å². The van der Waals surface area contributed by atoms with Crippen LogP contribution in [0, 0.1) is 6.92 Å². The van der Waals surface area contributed by atoms with Crippen LogP contribution < -0.4 is 5.73 Å². The Labute approximate surface area is 93.5 Å². The molecule has 0 saturated heterocycles. The third kappa shape index (κ3) is 2.13. The van der Waals surface area contributed by atoms with Crippen LogP contribution >= 0.6 is 11.6 Å². The summed E-state index contributed by atoms with van der Waals surface area (Å²) in [5.41, 5.74) is 7.92. The van der Waals surface area contributed by atoms with E-state index < -0.39 is 0 Å². The average molecular weight is 222 g/mol. The van der Waals surface area contributed by atoms with E-state index in [1.165, 1.54) is 0 Å². The topological polar surface area (TPSA) is 43.8 Å². The lowest BCUT2D eigenvalue weighted by atomic mass is 10.2. The number of aromatic nitrogens is 2. The van der Waals surface area contributed by atoms with E-state index in [2.05, 4.69) is 4.98 Å². The van der Waals surface area contributed by atoms with Gasteiger partial charge in [0.05, 0.1) is 12.7 Å². The van der Waals surface area contributed by atoms with Crippen molar-refractivity contribution >= 4 is 17.5 Å². The van der Waals surface area contributed by atoms with Gasteiger partial charge in [-0.25, -0.2) is 4.98 Å². The number of nitrogens with two attached hydrogens (primary N) is 1. The molecule has 0 spiro atoms. The van der Waals surface area contributed by atoms with Crippen molar-refractivity contribution in [1.82, 2.24) is 9.55 Å². The Morgan fingerprint density at radius 3 is 2.87 bits per heavy atom. The minimum Gasteiger partial charge on any atom is -0.369 e. The van der Waals surface area contributed by atoms with Gasteiger partial charge in [-0.2, -0.15) is 0 Å². The Bertz CT molecular complexity index is 457. The summed E-state index contributed by atoms with van der Waals surface area (Å²) in [6.07, 6.45) is 1.76. The fraction of sp³-hybridized carbons (Fsp3) is 0.182. The molecule has 0 fully saturated rings. The largest absolute Gasteiger partial charge is 0.369 e. The smallest absolute Gasteiger partial charge is 0.200 e. The van der Waals surface area contributed by atoms with Crippen molar-refractivity contribution in [2.45, 2.75) is 13.5 Å². The number of hydrogen-bond donors (Lipinski definition) is 1. The monoisotopic (exact) mass is 221 g/mol. The Morgan fingerprint density at radius 2 is 2.27 bits per heavy atom. The van der Waals surface area contributed by atoms with Gasteiger partial charge in [-0.3, -0.25) is 0 Å². The minimum absolute atomic E-state index is 0.535. The van der Waals surface area contributed by atoms with Crippen molar-refractivity contribution < 1.29 is 0 Å². The molecule has 2 rings (SSSR count). The molecule has 0 aliphatic carbocycles. The normalized spacial score (nSPS) is 10.5. The molecule has 0 radical (unpaired) electrons. The van der Waals surface area contributed by atoms with Crippen molar-refractivity contribution in [2.75, 3.05) is 5.73 Å². The molecule has 4 heteroatoms. The number of aryl methyl sites for hydroxylation is 1. The molecule has 0 saturated carbocycles. The van der Waals surface area contributed by atoms with Crippen LogP contribution in [0.15, 0.2) is 30.5 Å². The van der Waals surface area contributed by atoms with E-state index in [0.29, 0.717) is 12.5 Å². The van der Waals surface area contributed by atoms with E-state index in [0.717, 1.165) is 16.3 Å². The minimum atomic E-state index is 0.535. The third-order valence-electron chi connectivity index (χ3n) is 2.32. The van der Waals surface area contributed by atoms with Crippen molar-refractivity contribution in [3.8, 4) is 0 Å². The van der Waals surface area contributed by atoms with E-state index in [4.69, 9.17) is 17.3 Å². The molecule has 0 amide bonds. The van der Waals surface area contributed by atoms with Crippen LogP contribution in [-0.2, 0) is 6.54 Å². The lowest BCUT2D eigenvalue weighted by Gasteiger charge is -2.07. The fourth-order valence-corrected chi connectivity index (χ4v) is 1.72. The van der Waals surface area contributed by atoms with Crippen molar-refractivity contribution in [1.29, 1.82) is 0 Å². The molecular weight excluding hydrogens is 210 g/mol. The Kier molecular flexibility index (Phi) is 2.64. The summed E-state index contributed by atoms with van der Waals surface area (Å²) in [6.45, 7) is 2.69. The Morgan fingerprint density at radius 1 is 1.47 bits per heavy atom. The molecule has 15 heavy (non-hydrogen) atoms. The first-order valence-corrected chi connectivity index (χ1v) is 5.06. The molecule has 78 valence electrons. The highest BCUT2D eigenvalue weighted by molar-refractivity contribution is 6.30. The number of rotatable bonds is 2. The SMILES string of the molecule is Cc1cnc(N)n1Cc1cccc(Cl)c1. The van der Waals surface area contributed by atoms with Crippen LogP contribution in [0.4, 0.5) is 5.95 Å². The highest BCUT2D eigenvalue weighted by Crippen LogP contribution is 2.14. The summed E-state index contributed by atoms with van der Waals surface area (Å²) in [7, 11) is 0.